The number of rotatable bonds is 4. The van der Waals surface area contributed by atoms with Crippen LogP contribution in [-0.2, 0) is 9.47 Å². The number of ether oxygens (including phenoxy) is 2. The van der Waals surface area contributed by atoms with E-state index >= 15 is 0 Å². The molecule has 1 aromatic rings. The van der Waals surface area contributed by atoms with Crippen LogP contribution in [0.4, 0.5) is 4.39 Å². The summed E-state index contributed by atoms with van der Waals surface area (Å²) in [5, 5.41) is 24.4. The third kappa shape index (κ3) is 8.12. The van der Waals surface area contributed by atoms with Crippen LogP contribution in [0.25, 0.3) is 0 Å². The van der Waals surface area contributed by atoms with Gasteiger partial charge in [-0.1, -0.05) is 26.0 Å². The molecule has 0 aliphatic carbocycles. The summed E-state index contributed by atoms with van der Waals surface area (Å²) in [6.07, 6.45) is -0.717. The Bertz CT molecular complexity index is 675. The first-order chi connectivity index (χ1) is 14.8. The second-order valence-electron chi connectivity index (χ2n) is 8.58. The summed E-state index contributed by atoms with van der Waals surface area (Å²) in [6.45, 7) is 5.81. The van der Waals surface area contributed by atoms with Crippen LogP contribution in [0.2, 0.25) is 0 Å². The van der Waals surface area contributed by atoms with E-state index < -0.39 is 30.0 Å². The van der Waals surface area contributed by atoms with E-state index in [1.807, 2.05) is 0 Å². The van der Waals surface area contributed by atoms with Crippen LogP contribution in [0, 0.1) is 11.7 Å². The van der Waals surface area contributed by atoms with Gasteiger partial charge in [0.05, 0.1) is 12.2 Å². The lowest BCUT2D eigenvalue weighted by Crippen LogP contribution is -2.52. The van der Waals surface area contributed by atoms with Gasteiger partial charge < -0.3 is 29.9 Å². The SMILES string of the molecule is CO[C@@H]1CN(C(=O)c2ccccc2F)CC(CC(C)C)NCCCCOC[C@@H](O)[C@H]1O. The highest BCUT2D eigenvalue weighted by molar-refractivity contribution is 5.94. The van der Waals surface area contributed by atoms with E-state index in [1.165, 1.54) is 30.2 Å². The largest absolute Gasteiger partial charge is 0.388 e. The molecule has 1 amide bonds. The van der Waals surface area contributed by atoms with Crippen molar-refractivity contribution in [3.05, 3.63) is 35.6 Å². The summed E-state index contributed by atoms with van der Waals surface area (Å²) in [5.41, 5.74) is -0.0277. The normalized spacial score (nSPS) is 27.1. The van der Waals surface area contributed by atoms with Crippen LogP contribution in [0.1, 0.15) is 43.5 Å². The van der Waals surface area contributed by atoms with Gasteiger partial charge in [0.1, 0.15) is 24.1 Å². The van der Waals surface area contributed by atoms with Gasteiger partial charge in [-0.3, -0.25) is 4.79 Å². The Hall–Kier alpha value is -1.58. The number of aliphatic hydroxyl groups excluding tert-OH is 2. The fourth-order valence-corrected chi connectivity index (χ4v) is 3.83. The molecular weight excluding hydrogens is 403 g/mol. The van der Waals surface area contributed by atoms with Crippen molar-refractivity contribution in [1.82, 2.24) is 10.2 Å². The standard InChI is InChI=1S/C23H37FN2O5/c1-16(2)12-17-13-26(23(29)18-8-4-5-9-19(18)24)14-21(30-3)22(28)20(27)15-31-11-7-6-10-25-17/h4-5,8-9,16-17,20-22,25,27-28H,6-7,10-15H2,1-3H3/t17?,20-,21-,22-/m1/s1. The van der Waals surface area contributed by atoms with Crippen LogP contribution >= 0.6 is 0 Å². The van der Waals surface area contributed by atoms with Crippen molar-refractivity contribution in [2.24, 2.45) is 5.92 Å². The number of carbonyl (C=O) groups is 1. The molecule has 176 valence electrons. The Balaban J connectivity index is 2.32. The Kier molecular flexibility index (Phi) is 10.8. The van der Waals surface area contributed by atoms with Gasteiger partial charge >= 0.3 is 0 Å². The van der Waals surface area contributed by atoms with Crippen LogP contribution in [-0.4, -0.2) is 85.3 Å². The smallest absolute Gasteiger partial charge is 0.256 e. The van der Waals surface area contributed by atoms with Crippen molar-refractivity contribution in [3.8, 4) is 0 Å². The van der Waals surface area contributed by atoms with E-state index in [-0.39, 0.29) is 24.8 Å². The summed E-state index contributed by atoms with van der Waals surface area (Å²) < 4.78 is 25.3. The quantitative estimate of drug-likeness (QED) is 0.662. The highest BCUT2D eigenvalue weighted by atomic mass is 19.1. The number of nitrogens with zero attached hydrogens (tertiary/aromatic N) is 1. The monoisotopic (exact) mass is 440 g/mol. The molecule has 1 unspecified atom stereocenters. The average Bonchev–Trinajstić information content (AvgIpc) is 2.74. The zero-order valence-corrected chi connectivity index (χ0v) is 18.8. The van der Waals surface area contributed by atoms with Gasteiger partial charge in [-0.2, -0.15) is 0 Å². The first-order valence-electron chi connectivity index (χ1n) is 11.1. The van der Waals surface area contributed by atoms with Gasteiger partial charge in [-0.05, 0) is 43.9 Å². The van der Waals surface area contributed by atoms with Gasteiger partial charge in [0.2, 0.25) is 0 Å². The first-order valence-corrected chi connectivity index (χ1v) is 11.1. The number of nitrogens with one attached hydrogen (secondary N) is 1. The highest BCUT2D eigenvalue weighted by Gasteiger charge is 2.32. The Morgan fingerprint density at radius 2 is 2.03 bits per heavy atom. The molecular formula is C23H37FN2O5. The van der Waals surface area contributed by atoms with Crippen molar-refractivity contribution in [2.75, 3.05) is 40.0 Å². The fraction of sp³-hybridized carbons (Fsp3) is 0.696. The minimum Gasteiger partial charge on any atom is -0.388 e. The third-order valence-electron chi connectivity index (χ3n) is 5.50. The first kappa shape index (κ1) is 25.7. The van der Waals surface area contributed by atoms with Crippen LogP contribution in [0.5, 0.6) is 0 Å². The van der Waals surface area contributed by atoms with Crippen molar-refractivity contribution in [2.45, 2.75) is 57.5 Å². The van der Waals surface area contributed by atoms with Crippen LogP contribution in [0.3, 0.4) is 0 Å². The zero-order valence-electron chi connectivity index (χ0n) is 18.8. The maximum Gasteiger partial charge on any atom is 0.256 e. The van der Waals surface area contributed by atoms with Crippen LogP contribution in [0.15, 0.2) is 24.3 Å². The Morgan fingerprint density at radius 1 is 1.29 bits per heavy atom. The topological polar surface area (TPSA) is 91.3 Å². The number of amides is 1. The molecule has 1 fully saturated rings. The molecule has 1 heterocycles. The minimum absolute atomic E-state index is 0.000783. The maximum absolute atomic E-state index is 14.4. The summed E-state index contributed by atoms with van der Waals surface area (Å²) >= 11 is 0. The Labute approximate surface area is 184 Å². The average molecular weight is 441 g/mol. The van der Waals surface area contributed by atoms with Gasteiger partial charge in [0.15, 0.2) is 0 Å². The highest BCUT2D eigenvalue weighted by Crippen LogP contribution is 2.16. The van der Waals surface area contributed by atoms with E-state index in [0.29, 0.717) is 19.1 Å². The summed E-state index contributed by atoms with van der Waals surface area (Å²) in [6, 6.07) is 5.86. The molecule has 31 heavy (non-hydrogen) atoms. The predicted octanol–water partition coefficient (Wildman–Crippen LogP) is 1.82. The van der Waals surface area contributed by atoms with Gasteiger partial charge in [0, 0.05) is 32.8 Å². The van der Waals surface area contributed by atoms with Crippen molar-refractivity contribution in [1.29, 1.82) is 0 Å². The predicted molar refractivity (Wildman–Crippen MR) is 116 cm³/mol. The molecule has 0 aromatic heterocycles. The molecule has 1 aliphatic rings. The number of aliphatic hydroxyl groups is 2. The lowest BCUT2D eigenvalue weighted by atomic mass is 10.0. The fourth-order valence-electron chi connectivity index (χ4n) is 3.83. The molecule has 0 saturated carbocycles. The number of hydrogen-bond donors (Lipinski definition) is 3. The molecule has 0 radical (unpaired) electrons. The van der Waals surface area contributed by atoms with E-state index in [9.17, 15) is 19.4 Å². The molecule has 1 aromatic carbocycles. The molecule has 8 heteroatoms. The summed E-state index contributed by atoms with van der Waals surface area (Å²) in [4.78, 5) is 14.8. The van der Waals surface area contributed by atoms with Gasteiger partial charge in [-0.15, -0.1) is 0 Å². The maximum atomic E-state index is 14.4. The number of carbonyl (C=O) groups excluding carboxylic acids is 1. The van der Waals surface area contributed by atoms with Gasteiger partial charge in [-0.25, -0.2) is 4.39 Å². The molecule has 0 spiro atoms. The zero-order chi connectivity index (χ0) is 22.8. The number of benzene rings is 1. The molecule has 0 bridgehead atoms. The number of methoxy groups -OCH3 is 1. The van der Waals surface area contributed by atoms with E-state index in [1.54, 1.807) is 6.07 Å². The summed E-state index contributed by atoms with van der Waals surface area (Å²) in [7, 11) is 1.42. The number of hydrogen-bond acceptors (Lipinski definition) is 6. The molecule has 2 rings (SSSR count). The van der Waals surface area contributed by atoms with E-state index in [2.05, 4.69) is 19.2 Å². The second-order valence-corrected chi connectivity index (χ2v) is 8.58. The van der Waals surface area contributed by atoms with Crippen molar-refractivity contribution >= 4 is 5.91 Å². The van der Waals surface area contributed by atoms with E-state index in [0.717, 1.165) is 25.8 Å². The molecule has 1 aliphatic heterocycles. The van der Waals surface area contributed by atoms with Crippen molar-refractivity contribution < 1.29 is 28.9 Å². The lowest BCUT2D eigenvalue weighted by Gasteiger charge is -2.34. The summed E-state index contributed by atoms with van der Waals surface area (Å²) in [5.74, 6) is -0.667. The molecule has 3 N–H and O–H groups in total. The molecule has 1 saturated heterocycles. The van der Waals surface area contributed by atoms with E-state index in [4.69, 9.17) is 9.47 Å². The van der Waals surface area contributed by atoms with Gasteiger partial charge in [0.25, 0.3) is 5.91 Å². The lowest BCUT2D eigenvalue weighted by molar-refractivity contribution is -0.105. The molecule has 7 nitrogen and oxygen atoms in total. The van der Waals surface area contributed by atoms with Crippen LogP contribution < -0.4 is 5.32 Å². The number of halogens is 1. The second kappa shape index (κ2) is 13.1. The molecule has 4 atom stereocenters. The minimum atomic E-state index is -1.25. The Morgan fingerprint density at radius 3 is 2.71 bits per heavy atom. The van der Waals surface area contributed by atoms with Crippen molar-refractivity contribution in [3.63, 3.8) is 0 Å². The third-order valence-corrected chi connectivity index (χ3v) is 5.50.